The summed E-state index contributed by atoms with van der Waals surface area (Å²) in [6.07, 6.45) is 11.2. The fourth-order valence-electron chi connectivity index (χ4n) is 4.77. The Morgan fingerprint density at radius 2 is 1.87 bits per heavy atom. The monoisotopic (exact) mass is 510 g/mol. The standard InChI is InChI=1S/C27H30N10O/c1-3-4-5-24(38)31-18-10-17(12-28-13-18)20-11-19-21(15-30-20)34-35-25(19)27-32-22-14-29-16-23(26(22)33-27)37-8-6-36(2)7-9-37/h10-16H,3-9H2,1-2H3,(H,31,38)(H,32,33)(H,34,35). The Morgan fingerprint density at radius 1 is 1.03 bits per heavy atom. The Bertz CT molecular complexity index is 1600. The van der Waals surface area contributed by atoms with Crippen molar-refractivity contribution in [3.05, 3.63) is 43.1 Å². The summed E-state index contributed by atoms with van der Waals surface area (Å²) in [5, 5.41) is 11.5. The number of aromatic nitrogens is 7. The van der Waals surface area contributed by atoms with Crippen LogP contribution in [0.15, 0.2) is 43.1 Å². The molecule has 0 aromatic carbocycles. The van der Waals surface area contributed by atoms with Crippen molar-refractivity contribution >= 4 is 39.2 Å². The summed E-state index contributed by atoms with van der Waals surface area (Å²) in [6, 6.07) is 3.86. The molecule has 38 heavy (non-hydrogen) atoms. The minimum Gasteiger partial charge on any atom is -0.366 e. The molecule has 5 aromatic heterocycles. The number of fused-ring (bicyclic) bond motifs is 2. The van der Waals surface area contributed by atoms with Crippen LogP contribution in [0, 0.1) is 0 Å². The van der Waals surface area contributed by atoms with Gasteiger partial charge in [-0.1, -0.05) is 13.3 Å². The molecule has 6 heterocycles. The number of aromatic amines is 2. The van der Waals surface area contributed by atoms with E-state index in [1.807, 2.05) is 18.3 Å². The van der Waals surface area contributed by atoms with Gasteiger partial charge in [-0.15, -0.1) is 0 Å². The third-order valence-corrected chi connectivity index (χ3v) is 6.97. The van der Waals surface area contributed by atoms with Crippen molar-refractivity contribution in [2.24, 2.45) is 0 Å². The molecule has 194 valence electrons. The van der Waals surface area contributed by atoms with Crippen LogP contribution in [-0.2, 0) is 4.79 Å². The number of anilines is 2. The first kappa shape index (κ1) is 24.0. The number of piperazine rings is 1. The highest BCUT2D eigenvalue weighted by Gasteiger charge is 2.20. The minimum absolute atomic E-state index is 0.0124. The van der Waals surface area contributed by atoms with Gasteiger partial charge in [-0.2, -0.15) is 5.10 Å². The fraction of sp³-hybridized carbons (Fsp3) is 0.333. The van der Waals surface area contributed by atoms with E-state index in [0.717, 1.165) is 77.9 Å². The summed E-state index contributed by atoms with van der Waals surface area (Å²) in [5.41, 5.74) is 6.49. The highest BCUT2D eigenvalue weighted by atomic mass is 16.1. The van der Waals surface area contributed by atoms with Gasteiger partial charge in [0.05, 0.1) is 52.9 Å². The van der Waals surface area contributed by atoms with E-state index in [-0.39, 0.29) is 5.91 Å². The fourth-order valence-corrected chi connectivity index (χ4v) is 4.77. The number of pyridine rings is 3. The van der Waals surface area contributed by atoms with Gasteiger partial charge in [-0.25, -0.2) is 4.98 Å². The summed E-state index contributed by atoms with van der Waals surface area (Å²) in [7, 11) is 2.14. The van der Waals surface area contributed by atoms with Crippen LogP contribution in [0.4, 0.5) is 11.4 Å². The van der Waals surface area contributed by atoms with E-state index in [1.54, 1.807) is 24.8 Å². The van der Waals surface area contributed by atoms with Gasteiger partial charge >= 0.3 is 0 Å². The number of H-pyrrole nitrogens is 2. The lowest BCUT2D eigenvalue weighted by Gasteiger charge is -2.33. The van der Waals surface area contributed by atoms with Gasteiger partial charge in [-0.05, 0) is 25.6 Å². The Morgan fingerprint density at radius 3 is 2.71 bits per heavy atom. The summed E-state index contributed by atoms with van der Waals surface area (Å²) < 4.78 is 0. The van der Waals surface area contributed by atoms with Gasteiger partial charge in [0.25, 0.3) is 0 Å². The molecule has 1 amide bonds. The number of unbranched alkanes of at least 4 members (excludes halogenated alkanes) is 1. The lowest BCUT2D eigenvalue weighted by molar-refractivity contribution is -0.116. The van der Waals surface area contributed by atoms with Crippen molar-refractivity contribution in [1.82, 2.24) is 40.0 Å². The van der Waals surface area contributed by atoms with Gasteiger partial charge in [0, 0.05) is 49.7 Å². The number of hydrogen-bond acceptors (Lipinski definition) is 8. The first-order valence-corrected chi connectivity index (χ1v) is 13.0. The number of imidazole rings is 1. The van der Waals surface area contributed by atoms with E-state index in [0.29, 0.717) is 23.6 Å². The number of likely N-dealkylation sites (N-methyl/N-ethyl adjacent to an activating group) is 1. The molecular formula is C27H30N10O. The highest BCUT2D eigenvalue weighted by molar-refractivity contribution is 5.97. The molecule has 11 nitrogen and oxygen atoms in total. The second-order valence-corrected chi connectivity index (χ2v) is 9.73. The highest BCUT2D eigenvalue weighted by Crippen LogP contribution is 2.32. The number of nitrogens with zero attached hydrogens (tertiary/aromatic N) is 7. The molecule has 11 heteroatoms. The van der Waals surface area contributed by atoms with E-state index in [1.165, 1.54) is 0 Å². The molecule has 1 fully saturated rings. The van der Waals surface area contributed by atoms with Crippen LogP contribution in [0.3, 0.4) is 0 Å². The lowest BCUT2D eigenvalue weighted by atomic mass is 10.1. The quantitative estimate of drug-likeness (QED) is 0.301. The van der Waals surface area contributed by atoms with Crippen LogP contribution in [0.5, 0.6) is 0 Å². The average Bonchev–Trinajstić information content (AvgIpc) is 3.56. The van der Waals surface area contributed by atoms with E-state index in [4.69, 9.17) is 4.98 Å². The first-order valence-electron chi connectivity index (χ1n) is 13.0. The molecule has 0 unspecified atom stereocenters. The van der Waals surface area contributed by atoms with Gasteiger partial charge in [0.15, 0.2) is 5.82 Å². The topological polar surface area (TPSA) is 132 Å². The SMILES string of the molecule is CCCCC(=O)Nc1cncc(-c2cc3c(-c4nc5c(N6CCN(C)CC6)cncc5[nH]4)n[nH]c3cn2)c1. The van der Waals surface area contributed by atoms with Crippen LogP contribution < -0.4 is 10.2 Å². The van der Waals surface area contributed by atoms with Crippen molar-refractivity contribution in [3.8, 4) is 22.8 Å². The third kappa shape index (κ3) is 4.68. The Kier molecular flexibility index (Phi) is 6.42. The lowest BCUT2D eigenvalue weighted by Crippen LogP contribution is -2.44. The zero-order valence-electron chi connectivity index (χ0n) is 21.5. The largest absolute Gasteiger partial charge is 0.366 e. The van der Waals surface area contributed by atoms with Gasteiger partial charge in [0.2, 0.25) is 5.91 Å². The normalized spacial score (nSPS) is 14.4. The predicted octanol–water partition coefficient (Wildman–Crippen LogP) is 3.84. The molecule has 1 aliphatic rings. The molecule has 5 aromatic rings. The Labute approximate surface area is 219 Å². The molecule has 0 atom stereocenters. The molecule has 1 aliphatic heterocycles. The van der Waals surface area contributed by atoms with Crippen molar-refractivity contribution in [1.29, 1.82) is 0 Å². The van der Waals surface area contributed by atoms with Crippen LogP contribution in [0.1, 0.15) is 26.2 Å². The zero-order chi connectivity index (χ0) is 26.1. The summed E-state index contributed by atoms with van der Waals surface area (Å²) in [4.78, 5) is 38.6. The molecule has 0 bridgehead atoms. The molecule has 0 saturated carbocycles. The Balaban J connectivity index is 1.33. The van der Waals surface area contributed by atoms with E-state index >= 15 is 0 Å². The van der Waals surface area contributed by atoms with Gasteiger partial charge < -0.3 is 20.1 Å². The molecule has 3 N–H and O–H groups in total. The number of hydrogen-bond donors (Lipinski definition) is 3. The summed E-state index contributed by atoms with van der Waals surface area (Å²) >= 11 is 0. The number of nitrogens with one attached hydrogen (secondary N) is 3. The number of carbonyl (C=O) groups excluding carboxylic acids is 1. The minimum atomic E-state index is -0.0124. The van der Waals surface area contributed by atoms with Gasteiger partial charge in [0.1, 0.15) is 11.2 Å². The maximum Gasteiger partial charge on any atom is 0.224 e. The molecule has 0 spiro atoms. The van der Waals surface area contributed by atoms with Crippen molar-refractivity contribution in [3.63, 3.8) is 0 Å². The second-order valence-electron chi connectivity index (χ2n) is 9.73. The molecule has 0 aliphatic carbocycles. The van der Waals surface area contributed by atoms with Crippen LogP contribution in [0.25, 0.3) is 44.7 Å². The summed E-state index contributed by atoms with van der Waals surface area (Å²) in [5.74, 6) is 0.656. The smallest absolute Gasteiger partial charge is 0.224 e. The van der Waals surface area contributed by atoms with Crippen molar-refractivity contribution < 1.29 is 4.79 Å². The van der Waals surface area contributed by atoms with Crippen LogP contribution >= 0.6 is 0 Å². The Hall–Kier alpha value is -4.38. The van der Waals surface area contributed by atoms with Crippen LogP contribution in [0.2, 0.25) is 0 Å². The number of amides is 1. The zero-order valence-corrected chi connectivity index (χ0v) is 21.5. The van der Waals surface area contributed by atoms with E-state index in [9.17, 15) is 4.79 Å². The van der Waals surface area contributed by atoms with Crippen molar-refractivity contribution in [2.75, 3.05) is 43.4 Å². The maximum absolute atomic E-state index is 12.2. The average molecular weight is 511 g/mol. The van der Waals surface area contributed by atoms with Crippen molar-refractivity contribution in [2.45, 2.75) is 26.2 Å². The predicted molar refractivity (Wildman–Crippen MR) is 148 cm³/mol. The number of rotatable bonds is 7. The van der Waals surface area contributed by atoms with E-state index < -0.39 is 0 Å². The molecular weight excluding hydrogens is 480 g/mol. The third-order valence-electron chi connectivity index (χ3n) is 6.97. The first-order chi connectivity index (χ1) is 18.6. The van der Waals surface area contributed by atoms with Crippen LogP contribution in [-0.4, -0.2) is 79.2 Å². The van der Waals surface area contributed by atoms with E-state index in [2.05, 4.69) is 59.2 Å². The summed E-state index contributed by atoms with van der Waals surface area (Å²) in [6.45, 7) is 5.95. The molecule has 1 saturated heterocycles. The molecule has 0 radical (unpaired) electrons. The maximum atomic E-state index is 12.2. The second kappa shape index (κ2) is 10.2. The number of carbonyl (C=O) groups is 1. The molecule has 6 rings (SSSR count). The van der Waals surface area contributed by atoms with Gasteiger partial charge in [-0.3, -0.25) is 24.8 Å².